The molecule has 35 heavy (non-hydrogen) atoms. The Morgan fingerprint density at radius 3 is 2.83 bits per heavy atom. The van der Waals surface area contributed by atoms with Gasteiger partial charge >= 0.3 is 6.09 Å². The molecule has 2 heterocycles. The number of ether oxygens (including phenoxy) is 2. The van der Waals surface area contributed by atoms with Crippen LogP contribution in [0.5, 0.6) is 5.75 Å². The molecule has 2 aromatic carbocycles. The minimum absolute atomic E-state index is 0.0841. The Bertz CT molecular complexity index is 1280. The lowest BCUT2D eigenvalue weighted by Crippen LogP contribution is -2.42. The number of rotatable bonds is 7. The first-order valence-corrected chi connectivity index (χ1v) is 11.1. The summed E-state index contributed by atoms with van der Waals surface area (Å²) in [6.45, 7) is -0.635. The van der Waals surface area contributed by atoms with E-state index in [0.717, 1.165) is 4.90 Å². The number of fused-ring (bicyclic) bond motifs is 1. The Labute approximate surface area is 204 Å². The fraction of sp³-hybridized carbons (Fsp3) is 0.292. The highest BCUT2D eigenvalue weighted by Gasteiger charge is 2.38. The van der Waals surface area contributed by atoms with Crippen molar-refractivity contribution in [2.75, 3.05) is 13.7 Å². The second-order valence-corrected chi connectivity index (χ2v) is 8.43. The van der Waals surface area contributed by atoms with Crippen molar-refractivity contribution >= 4 is 40.8 Å². The second-order valence-electron chi connectivity index (χ2n) is 8.02. The molecule has 0 bridgehead atoms. The molecule has 11 heteroatoms. The van der Waals surface area contributed by atoms with E-state index in [1.807, 2.05) is 0 Å². The van der Waals surface area contributed by atoms with Crippen molar-refractivity contribution in [1.29, 1.82) is 0 Å². The zero-order chi connectivity index (χ0) is 25.1. The number of likely N-dealkylation sites (tertiary alicyclic amines) is 1. The van der Waals surface area contributed by atoms with Crippen molar-refractivity contribution in [2.24, 2.45) is 0 Å². The van der Waals surface area contributed by atoms with Crippen LogP contribution in [0.2, 0.25) is 5.02 Å². The molecule has 0 unspecified atom stereocenters. The van der Waals surface area contributed by atoms with Gasteiger partial charge in [0.2, 0.25) is 5.91 Å². The van der Waals surface area contributed by atoms with E-state index in [2.05, 4.69) is 5.32 Å². The summed E-state index contributed by atoms with van der Waals surface area (Å²) in [4.78, 5) is 37.9. The van der Waals surface area contributed by atoms with E-state index in [1.54, 1.807) is 22.8 Å². The summed E-state index contributed by atoms with van der Waals surface area (Å²) in [5, 5.41) is 2.91. The maximum absolute atomic E-state index is 14.2. The van der Waals surface area contributed by atoms with Crippen LogP contribution < -0.4 is 10.1 Å². The van der Waals surface area contributed by atoms with Gasteiger partial charge in [-0.25, -0.2) is 13.6 Å². The van der Waals surface area contributed by atoms with Gasteiger partial charge in [-0.05, 0) is 24.3 Å². The molecule has 0 spiro atoms. The van der Waals surface area contributed by atoms with Gasteiger partial charge in [-0.1, -0.05) is 23.7 Å². The summed E-state index contributed by atoms with van der Waals surface area (Å²) >= 11 is 5.73. The van der Waals surface area contributed by atoms with Gasteiger partial charge < -0.3 is 24.3 Å². The Morgan fingerprint density at radius 2 is 2.09 bits per heavy atom. The zero-order valence-electron chi connectivity index (χ0n) is 18.7. The van der Waals surface area contributed by atoms with E-state index in [4.69, 9.17) is 21.1 Å². The van der Waals surface area contributed by atoms with Crippen LogP contribution in [0, 0.1) is 5.82 Å². The van der Waals surface area contributed by atoms with Gasteiger partial charge in [0.05, 0.1) is 18.7 Å². The van der Waals surface area contributed by atoms with Crippen molar-refractivity contribution in [3.8, 4) is 5.75 Å². The lowest BCUT2D eigenvalue weighted by molar-refractivity contribution is -0.138. The van der Waals surface area contributed by atoms with Crippen molar-refractivity contribution in [1.82, 2.24) is 14.8 Å². The minimum Gasteiger partial charge on any atom is -0.497 e. The smallest absolute Gasteiger partial charge is 0.409 e. The largest absolute Gasteiger partial charge is 0.497 e. The van der Waals surface area contributed by atoms with Crippen LogP contribution in [-0.4, -0.2) is 53.8 Å². The predicted octanol–water partition coefficient (Wildman–Crippen LogP) is 4.08. The number of alkyl halides is 1. The van der Waals surface area contributed by atoms with E-state index >= 15 is 0 Å². The maximum atomic E-state index is 14.2. The number of hydrogen-bond acceptors (Lipinski definition) is 5. The number of aromatic nitrogens is 1. The van der Waals surface area contributed by atoms with E-state index in [-0.39, 0.29) is 36.6 Å². The molecule has 3 aromatic rings. The van der Waals surface area contributed by atoms with Crippen molar-refractivity contribution in [3.05, 3.63) is 64.6 Å². The van der Waals surface area contributed by atoms with Crippen molar-refractivity contribution in [3.63, 3.8) is 0 Å². The number of benzene rings is 2. The number of hydrogen-bond donors (Lipinski definition) is 1. The number of nitrogens with zero attached hydrogens (tertiary/aromatic N) is 2. The quantitative estimate of drug-likeness (QED) is 0.489. The third-order valence-electron chi connectivity index (χ3n) is 5.77. The average molecular weight is 506 g/mol. The molecular formula is C24H22ClF2N3O5. The molecule has 1 fully saturated rings. The lowest BCUT2D eigenvalue weighted by Gasteiger charge is -2.24. The standard InChI is InChI=1S/C24H22ClF2N3O5/c1-34-17-5-6-20-18(8-17)15(13-31)10-29(20)12-21(32)30-11-16(26)7-22(30)35-24(33)28-9-14-3-2-4-19(25)23(14)27/h2-6,8,10,13,16,22H,7,9,11-12H2,1H3,(H,28,33)/t16-,22+/m1/s1. The SMILES string of the molecule is COc1ccc2c(c1)c(C=O)cn2CC(=O)N1C[C@H](F)C[C@@H]1OC(=O)NCc1cccc(Cl)c1F. The van der Waals surface area contributed by atoms with Gasteiger partial charge in [-0.2, -0.15) is 0 Å². The van der Waals surface area contributed by atoms with E-state index in [0.29, 0.717) is 28.5 Å². The van der Waals surface area contributed by atoms with Crippen LogP contribution >= 0.6 is 11.6 Å². The fourth-order valence-corrected chi connectivity index (χ4v) is 4.23. The first kappa shape index (κ1) is 24.5. The number of amides is 2. The molecule has 1 saturated heterocycles. The summed E-state index contributed by atoms with van der Waals surface area (Å²) in [5.74, 6) is -0.599. The Kier molecular flexibility index (Phi) is 7.20. The summed E-state index contributed by atoms with van der Waals surface area (Å²) in [7, 11) is 1.50. The average Bonchev–Trinajstić information content (AvgIpc) is 3.39. The normalized spacial score (nSPS) is 17.4. The number of carbonyl (C=O) groups is 3. The number of alkyl carbamates (subject to hydrolysis) is 1. The van der Waals surface area contributed by atoms with Crippen LogP contribution in [0.25, 0.3) is 10.9 Å². The number of aldehydes is 1. The first-order chi connectivity index (χ1) is 16.8. The van der Waals surface area contributed by atoms with Gasteiger partial charge in [0.15, 0.2) is 12.5 Å². The van der Waals surface area contributed by atoms with Crippen LogP contribution in [-0.2, 0) is 22.6 Å². The molecule has 1 N–H and O–H groups in total. The summed E-state index contributed by atoms with van der Waals surface area (Å²) in [6, 6.07) is 9.47. The Hall–Kier alpha value is -3.66. The third-order valence-corrected chi connectivity index (χ3v) is 6.06. The molecule has 0 saturated carbocycles. The van der Waals surface area contributed by atoms with E-state index in [1.165, 1.54) is 31.5 Å². The summed E-state index contributed by atoms with van der Waals surface area (Å²) < 4.78 is 40.2. The van der Waals surface area contributed by atoms with Crippen molar-refractivity contribution < 1.29 is 32.6 Å². The highest BCUT2D eigenvalue weighted by atomic mass is 35.5. The maximum Gasteiger partial charge on any atom is 0.409 e. The molecule has 1 aliphatic heterocycles. The molecule has 4 rings (SSSR count). The fourth-order valence-electron chi connectivity index (χ4n) is 4.04. The van der Waals surface area contributed by atoms with E-state index in [9.17, 15) is 23.2 Å². The van der Waals surface area contributed by atoms with Crippen LogP contribution in [0.4, 0.5) is 13.6 Å². The predicted molar refractivity (Wildman–Crippen MR) is 124 cm³/mol. The van der Waals surface area contributed by atoms with Gasteiger partial charge in [0.1, 0.15) is 24.3 Å². The van der Waals surface area contributed by atoms with Crippen LogP contribution in [0.15, 0.2) is 42.6 Å². The summed E-state index contributed by atoms with van der Waals surface area (Å²) in [6.07, 6.45) is -1.42. The van der Waals surface area contributed by atoms with Gasteiger partial charge in [0, 0.05) is 41.2 Å². The van der Waals surface area contributed by atoms with Gasteiger partial charge in [-0.3, -0.25) is 9.59 Å². The van der Waals surface area contributed by atoms with Gasteiger partial charge in [-0.15, -0.1) is 0 Å². The molecule has 1 aliphatic rings. The molecule has 0 radical (unpaired) electrons. The number of carbonyl (C=O) groups excluding carboxylic acids is 3. The second kappa shape index (κ2) is 10.3. The molecule has 184 valence electrons. The number of methoxy groups -OCH3 is 1. The topological polar surface area (TPSA) is 89.9 Å². The van der Waals surface area contributed by atoms with E-state index < -0.39 is 30.2 Å². The highest BCUT2D eigenvalue weighted by molar-refractivity contribution is 6.30. The molecule has 8 nitrogen and oxygen atoms in total. The third kappa shape index (κ3) is 5.22. The first-order valence-electron chi connectivity index (χ1n) is 10.7. The lowest BCUT2D eigenvalue weighted by atomic mass is 10.2. The number of halogens is 3. The molecular weight excluding hydrogens is 484 g/mol. The molecule has 2 atom stereocenters. The molecule has 0 aliphatic carbocycles. The highest BCUT2D eigenvalue weighted by Crippen LogP contribution is 2.27. The van der Waals surface area contributed by atoms with Crippen LogP contribution in [0.3, 0.4) is 0 Å². The monoisotopic (exact) mass is 505 g/mol. The number of nitrogens with one attached hydrogen (secondary N) is 1. The van der Waals surface area contributed by atoms with Crippen molar-refractivity contribution in [2.45, 2.75) is 31.9 Å². The van der Waals surface area contributed by atoms with Crippen LogP contribution in [0.1, 0.15) is 22.3 Å². The molecule has 1 aromatic heterocycles. The minimum atomic E-state index is -1.38. The Balaban J connectivity index is 1.44. The zero-order valence-corrected chi connectivity index (χ0v) is 19.4. The summed E-state index contributed by atoms with van der Waals surface area (Å²) in [5.41, 5.74) is 1.15. The Morgan fingerprint density at radius 1 is 1.29 bits per heavy atom. The van der Waals surface area contributed by atoms with Gasteiger partial charge in [0.25, 0.3) is 0 Å². The molecule has 2 amide bonds.